The van der Waals surface area contributed by atoms with E-state index in [9.17, 15) is 4.79 Å². The molecule has 0 atom stereocenters. The van der Waals surface area contributed by atoms with Crippen LogP contribution in [0.2, 0.25) is 0 Å². The number of amidine groups is 1. The molecule has 0 aliphatic carbocycles. The van der Waals surface area contributed by atoms with E-state index in [-0.39, 0.29) is 12.4 Å². The fraction of sp³-hybridized carbons (Fsp3) is 0.500. The van der Waals surface area contributed by atoms with E-state index in [0.717, 1.165) is 0 Å². The van der Waals surface area contributed by atoms with Crippen LogP contribution in [0.25, 0.3) is 0 Å². The molecule has 1 aromatic rings. The molecular weight excluding hydrogens is 256 g/mol. The van der Waals surface area contributed by atoms with E-state index in [1.165, 1.54) is 17.5 Å². The van der Waals surface area contributed by atoms with E-state index in [0.29, 0.717) is 9.88 Å². The van der Waals surface area contributed by atoms with Crippen LogP contribution in [-0.4, -0.2) is 27.7 Å². The fourth-order valence-electron chi connectivity index (χ4n) is 1.02. The standard InChI is InChI=1S/C10H16N4O3S/c1-10(2,3)17-9(15)13-5-7-12-4-6(18-7)8(11)14-16/h4,16H,5H2,1-3H3,(H2,11,14)(H,13,15). The summed E-state index contributed by atoms with van der Waals surface area (Å²) < 4.78 is 5.07. The number of alkyl carbamates (subject to hydrolysis) is 1. The average Bonchev–Trinajstić information content (AvgIpc) is 2.71. The predicted octanol–water partition coefficient (Wildman–Crippen LogP) is 1.26. The van der Waals surface area contributed by atoms with Crippen molar-refractivity contribution in [2.45, 2.75) is 32.9 Å². The quantitative estimate of drug-likeness (QED) is 0.332. The van der Waals surface area contributed by atoms with E-state index in [2.05, 4.69) is 15.5 Å². The van der Waals surface area contributed by atoms with Gasteiger partial charge in [-0.25, -0.2) is 9.78 Å². The van der Waals surface area contributed by atoms with Crippen molar-refractivity contribution in [3.63, 3.8) is 0 Å². The number of amides is 1. The third-order valence-corrected chi connectivity index (χ3v) is 2.72. The maximum atomic E-state index is 11.4. The highest BCUT2D eigenvalue weighted by Crippen LogP contribution is 2.12. The first-order valence-corrected chi connectivity index (χ1v) is 6.03. The highest BCUT2D eigenvalue weighted by atomic mass is 32.1. The third kappa shape index (κ3) is 4.58. The lowest BCUT2D eigenvalue weighted by Gasteiger charge is -2.19. The van der Waals surface area contributed by atoms with Crippen LogP contribution in [0.5, 0.6) is 0 Å². The maximum absolute atomic E-state index is 11.4. The fourth-order valence-corrected chi connectivity index (χ4v) is 1.78. The lowest BCUT2D eigenvalue weighted by Crippen LogP contribution is -2.32. The normalized spacial score (nSPS) is 12.3. The largest absolute Gasteiger partial charge is 0.444 e. The number of hydrogen-bond acceptors (Lipinski definition) is 6. The van der Waals surface area contributed by atoms with Gasteiger partial charge in [0, 0.05) is 6.20 Å². The number of ether oxygens (including phenoxy) is 1. The number of rotatable bonds is 3. The van der Waals surface area contributed by atoms with Gasteiger partial charge in [0.1, 0.15) is 10.6 Å². The summed E-state index contributed by atoms with van der Waals surface area (Å²) in [6.07, 6.45) is 0.967. The molecule has 0 unspecified atom stereocenters. The van der Waals surface area contributed by atoms with Crippen LogP contribution in [0, 0.1) is 0 Å². The number of aromatic nitrogens is 1. The topological polar surface area (TPSA) is 110 Å². The molecule has 1 heterocycles. The average molecular weight is 272 g/mol. The number of carbonyl (C=O) groups excluding carboxylic acids is 1. The molecular formula is C10H16N4O3S. The molecule has 0 aromatic carbocycles. The molecule has 1 rings (SSSR count). The van der Waals surface area contributed by atoms with Gasteiger partial charge in [0.25, 0.3) is 0 Å². The van der Waals surface area contributed by atoms with Gasteiger partial charge in [-0.3, -0.25) is 0 Å². The van der Waals surface area contributed by atoms with Crippen LogP contribution in [0.4, 0.5) is 4.79 Å². The second kappa shape index (κ2) is 5.67. The highest BCUT2D eigenvalue weighted by molar-refractivity contribution is 7.13. The van der Waals surface area contributed by atoms with Gasteiger partial charge in [0.2, 0.25) is 0 Å². The van der Waals surface area contributed by atoms with Crippen LogP contribution in [0.15, 0.2) is 11.4 Å². The Bertz CT molecular complexity index is 450. The minimum absolute atomic E-state index is 0.00369. The minimum atomic E-state index is -0.536. The van der Waals surface area contributed by atoms with Crippen molar-refractivity contribution in [2.75, 3.05) is 0 Å². The molecule has 8 heteroatoms. The van der Waals surface area contributed by atoms with E-state index < -0.39 is 11.7 Å². The van der Waals surface area contributed by atoms with Gasteiger partial charge in [0.05, 0.1) is 11.4 Å². The molecule has 0 spiro atoms. The van der Waals surface area contributed by atoms with Crippen molar-refractivity contribution in [3.8, 4) is 0 Å². The predicted molar refractivity (Wildman–Crippen MR) is 67.7 cm³/mol. The Balaban J connectivity index is 2.49. The van der Waals surface area contributed by atoms with Crippen LogP contribution >= 0.6 is 11.3 Å². The molecule has 0 aliphatic heterocycles. The molecule has 1 amide bonds. The van der Waals surface area contributed by atoms with Crippen LogP contribution < -0.4 is 11.1 Å². The summed E-state index contributed by atoms with van der Waals surface area (Å²) in [6.45, 7) is 5.59. The Labute approximate surface area is 109 Å². The van der Waals surface area contributed by atoms with Gasteiger partial charge in [-0.2, -0.15) is 0 Å². The molecule has 0 radical (unpaired) electrons. The van der Waals surface area contributed by atoms with Crippen LogP contribution in [-0.2, 0) is 11.3 Å². The van der Waals surface area contributed by atoms with Gasteiger partial charge in [0.15, 0.2) is 5.84 Å². The molecule has 0 aliphatic rings. The zero-order valence-electron chi connectivity index (χ0n) is 10.4. The number of nitrogens with one attached hydrogen (secondary N) is 1. The summed E-state index contributed by atoms with van der Waals surface area (Å²) >= 11 is 1.23. The number of oxime groups is 1. The summed E-state index contributed by atoms with van der Waals surface area (Å²) in [5.41, 5.74) is 4.87. The van der Waals surface area contributed by atoms with E-state index >= 15 is 0 Å². The Hall–Kier alpha value is -1.83. The van der Waals surface area contributed by atoms with Gasteiger partial charge in [-0.05, 0) is 20.8 Å². The molecule has 0 saturated carbocycles. The third-order valence-electron chi connectivity index (χ3n) is 1.70. The lowest BCUT2D eigenvalue weighted by molar-refractivity contribution is 0.0523. The lowest BCUT2D eigenvalue weighted by atomic mass is 10.2. The molecule has 0 bridgehead atoms. The Morgan fingerprint density at radius 2 is 2.33 bits per heavy atom. The minimum Gasteiger partial charge on any atom is -0.444 e. The molecule has 1 aromatic heterocycles. The van der Waals surface area contributed by atoms with E-state index in [1.54, 1.807) is 20.8 Å². The smallest absolute Gasteiger partial charge is 0.408 e. The summed E-state index contributed by atoms with van der Waals surface area (Å²) in [4.78, 5) is 16.0. The first-order chi connectivity index (χ1) is 8.31. The number of thiazole rings is 1. The summed E-state index contributed by atoms with van der Waals surface area (Å²) in [7, 11) is 0. The van der Waals surface area contributed by atoms with E-state index in [4.69, 9.17) is 15.7 Å². The van der Waals surface area contributed by atoms with Gasteiger partial charge in [-0.15, -0.1) is 11.3 Å². The first kappa shape index (κ1) is 14.2. The van der Waals surface area contributed by atoms with Crippen molar-refractivity contribution in [1.82, 2.24) is 10.3 Å². The van der Waals surface area contributed by atoms with Crippen LogP contribution in [0.3, 0.4) is 0 Å². The molecule has 100 valence electrons. The molecule has 7 nitrogen and oxygen atoms in total. The maximum Gasteiger partial charge on any atom is 0.408 e. The number of hydrogen-bond donors (Lipinski definition) is 3. The second-order valence-corrected chi connectivity index (χ2v) is 5.57. The monoisotopic (exact) mass is 272 g/mol. The van der Waals surface area contributed by atoms with Crippen molar-refractivity contribution < 1.29 is 14.7 Å². The highest BCUT2D eigenvalue weighted by Gasteiger charge is 2.16. The van der Waals surface area contributed by atoms with Crippen molar-refractivity contribution in [3.05, 3.63) is 16.1 Å². The van der Waals surface area contributed by atoms with Crippen LogP contribution in [0.1, 0.15) is 30.7 Å². The molecule has 0 saturated heterocycles. The summed E-state index contributed by atoms with van der Waals surface area (Å²) in [5.74, 6) is -0.00369. The van der Waals surface area contributed by atoms with Crippen molar-refractivity contribution in [2.24, 2.45) is 10.9 Å². The Morgan fingerprint density at radius 1 is 1.67 bits per heavy atom. The van der Waals surface area contributed by atoms with Gasteiger partial charge in [-0.1, -0.05) is 5.16 Å². The van der Waals surface area contributed by atoms with Crippen molar-refractivity contribution >= 4 is 23.3 Å². The van der Waals surface area contributed by atoms with Crippen molar-refractivity contribution in [1.29, 1.82) is 0 Å². The molecule has 0 fully saturated rings. The first-order valence-electron chi connectivity index (χ1n) is 5.21. The Morgan fingerprint density at radius 3 is 2.89 bits per heavy atom. The SMILES string of the molecule is CC(C)(C)OC(=O)NCc1ncc(C(N)=NO)s1. The zero-order valence-corrected chi connectivity index (χ0v) is 11.2. The van der Waals surface area contributed by atoms with Gasteiger partial charge < -0.3 is 21.0 Å². The zero-order chi connectivity index (χ0) is 13.8. The van der Waals surface area contributed by atoms with Gasteiger partial charge >= 0.3 is 6.09 Å². The molecule has 4 N–H and O–H groups in total. The second-order valence-electron chi connectivity index (χ2n) is 4.46. The summed E-state index contributed by atoms with van der Waals surface area (Å²) in [6, 6.07) is 0. The Kier molecular flexibility index (Phi) is 4.49. The van der Waals surface area contributed by atoms with E-state index in [1.807, 2.05) is 0 Å². The summed E-state index contributed by atoms with van der Waals surface area (Å²) in [5, 5.41) is 14.6. The molecule has 18 heavy (non-hydrogen) atoms. The number of nitrogens with zero attached hydrogens (tertiary/aromatic N) is 2. The number of nitrogens with two attached hydrogens (primary N) is 1. The number of carbonyl (C=O) groups is 1.